The molecule has 1 aliphatic rings. The number of unbranched alkanes of at least 4 members (excludes halogenated alkanes) is 1. The maximum absolute atomic E-state index is 12.7. The zero-order valence-corrected chi connectivity index (χ0v) is 14.4. The minimum Gasteiger partial charge on any atom is -0.339 e. The molecule has 1 amide bonds. The lowest BCUT2D eigenvalue weighted by atomic mass is 9.97. The Hall–Kier alpha value is -2.68. The highest BCUT2D eigenvalue weighted by atomic mass is 16.5. The van der Waals surface area contributed by atoms with E-state index in [0.29, 0.717) is 30.1 Å². The number of aromatic nitrogens is 2. The lowest BCUT2D eigenvalue weighted by Gasteiger charge is -2.31. The van der Waals surface area contributed by atoms with Crippen LogP contribution in [-0.2, 0) is 6.42 Å². The van der Waals surface area contributed by atoms with Gasteiger partial charge >= 0.3 is 0 Å². The fourth-order valence-corrected chi connectivity index (χ4v) is 3.14. The van der Waals surface area contributed by atoms with Crippen molar-refractivity contribution in [2.45, 2.75) is 44.9 Å². The van der Waals surface area contributed by atoms with E-state index in [1.165, 1.54) is 0 Å². The third-order valence-corrected chi connectivity index (χ3v) is 4.53. The summed E-state index contributed by atoms with van der Waals surface area (Å²) in [5, 5.41) is 13.1. The summed E-state index contributed by atoms with van der Waals surface area (Å²) in [6.07, 6.45) is 4.82. The lowest BCUT2D eigenvalue weighted by Crippen LogP contribution is -2.39. The van der Waals surface area contributed by atoms with Gasteiger partial charge in [0.2, 0.25) is 5.89 Å². The summed E-state index contributed by atoms with van der Waals surface area (Å²) in [7, 11) is 0. The highest BCUT2D eigenvalue weighted by molar-refractivity contribution is 5.94. The van der Waals surface area contributed by atoms with Gasteiger partial charge in [0.05, 0.1) is 17.6 Å². The van der Waals surface area contributed by atoms with Gasteiger partial charge < -0.3 is 9.42 Å². The molecule has 1 aromatic heterocycles. The quantitative estimate of drug-likeness (QED) is 0.835. The average Bonchev–Trinajstić information content (AvgIpc) is 3.15. The standard InChI is InChI=1S/C19H22N4O2/c1-2-3-9-17-21-18(25-22-17)16-8-5-10-23(13-16)19(24)15-7-4-6-14(11-15)12-20/h4,6-7,11,16H,2-3,5,8-10,13H2,1H3/t16-/m1/s1. The zero-order valence-electron chi connectivity index (χ0n) is 14.4. The second kappa shape index (κ2) is 7.93. The average molecular weight is 338 g/mol. The predicted octanol–water partition coefficient (Wildman–Crippen LogP) is 3.30. The van der Waals surface area contributed by atoms with Crippen molar-refractivity contribution in [1.29, 1.82) is 5.26 Å². The van der Waals surface area contributed by atoms with Crippen LogP contribution in [-0.4, -0.2) is 34.0 Å². The maximum atomic E-state index is 12.7. The van der Waals surface area contributed by atoms with Gasteiger partial charge in [-0.25, -0.2) is 0 Å². The van der Waals surface area contributed by atoms with Crippen LogP contribution >= 0.6 is 0 Å². The molecule has 1 aromatic carbocycles. The van der Waals surface area contributed by atoms with Crippen LogP contribution in [0.25, 0.3) is 0 Å². The number of nitriles is 1. The minimum absolute atomic E-state index is 0.0486. The first-order valence-corrected chi connectivity index (χ1v) is 8.83. The molecular weight excluding hydrogens is 316 g/mol. The van der Waals surface area contributed by atoms with E-state index in [0.717, 1.165) is 37.9 Å². The van der Waals surface area contributed by atoms with Crippen molar-refractivity contribution in [3.8, 4) is 6.07 Å². The van der Waals surface area contributed by atoms with Gasteiger partial charge in [0.15, 0.2) is 5.82 Å². The molecule has 2 heterocycles. The smallest absolute Gasteiger partial charge is 0.253 e. The Morgan fingerprint density at radius 1 is 1.48 bits per heavy atom. The van der Waals surface area contributed by atoms with E-state index in [9.17, 15) is 4.79 Å². The van der Waals surface area contributed by atoms with Crippen LogP contribution in [0.2, 0.25) is 0 Å². The van der Waals surface area contributed by atoms with Crippen molar-refractivity contribution >= 4 is 5.91 Å². The van der Waals surface area contributed by atoms with Crippen molar-refractivity contribution in [2.75, 3.05) is 13.1 Å². The first-order valence-electron chi connectivity index (χ1n) is 8.83. The summed E-state index contributed by atoms with van der Waals surface area (Å²) in [5.74, 6) is 1.42. The van der Waals surface area contributed by atoms with Crippen LogP contribution in [0.1, 0.15) is 66.2 Å². The highest BCUT2D eigenvalue weighted by Gasteiger charge is 2.29. The molecule has 0 saturated carbocycles. The van der Waals surface area contributed by atoms with Gasteiger partial charge in [0.1, 0.15) is 0 Å². The Kier molecular flexibility index (Phi) is 5.44. The molecule has 6 heteroatoms. The monoisotopic (exact) mass is 338 g/mol. The fraction of sp³-hybridized carbons (Fsp3) is 0.474. The van der Waals surface area contributed by atoms with E-state index in [-0.39, 0.29) is 11.8 Å². The van der Waals surface area contributed by atoms with Gasteiger partial charge in [0, 0.05) is 25.1 Å². The second-order valence-corrected chi connectivity index (χ2v) is 6.44. The summed E-state index contributed by atoms with van der Waals surface area (Å²) < 4.78 is 5.43. The molecule has 0 N–H and O–H groups in total. The van der Waals surface area contributed by atoms with Crippen molar-refractivity contribution < 1.29 is 9.32 Å². The van der Waals surface area contributed by atoms with Crippen molar-refractivity contribution in [1.82, 2.24) is 15.0 Å². The molecule has 0 spiro atoms. The van der Waals surface area contributed by atoms with Crippen molar-refractivity contribution in [2.24, 2.45) is 0 Å². The molecule has 1 atom stereocenters. The number of rotatable bonds is 5. The number of benzene rings is 1. The molecule has 0 bridgehead atoms. The SMILES string of the molecule is CCCCc1noc([C@@H]2CCCN(C(=O)c3cccc(C#N)c3)C2)n1. The summed E-state index contributed by atoms with van der Waals surface area (Å²) in [6, 6.07) is 8.91. The van der Waals surface area contributed by atoms with E-state index in [4.69, 9.17) is 9.78 Å². The number of piperidine rings is 1. The van der Waals surface area contributed by atoms with Gasteiger partial charge in [-0.2, -0.15) is 10.2 Å². The number of nitrogens with zero attached hydrogens (tertiary/aromatic N) is 4. The summed E-state index contributed by atoms with van der Waals surface area (Å²) in [4.78, 5) is 19.1. The Labute approximate surface area is 147 Å². The molecule has 6 nitrogen and oxygen atoms in total. The Balaban J connectivity index is 1.69. The summed E-state index contributed by atoms with van der Waals surface area (Å²) in [6.45, 7) is 3.42. The first kappa shape index (κ1) is 17.2. The van der Waals surface area contributed by atoms with Crippen LogP contribution < -0.4 is 0 Å². The number of hydrogen-bond donors (Lipinski definition) is 0. The van der Waals surface area contributed by atoms with E-state index in [2.05, 4.69) is 23.1 Å². The molecule has 1 fully saturated rings. The molecule has 3 rings (SSSR count). The van der Waals surface area contributed by atoms with Crippen LogP contribution in [0.3, 0.4) is 0 Å². The highest BCUT2D eigenvalue weighted by Crippen LogP contribution is 2.27. The third kappa shape index (κ3) is 4.05. The van der Waals surface area contributed by atoms with Crippen LogP contribution in [0.5, 0.6) is 0 Å². The lowest BCUT2D eigenvalue weighted by molar-refractivity contribution is 0.0695. The first-order chi connectivity index (χ1) is 12.2. The number of aryl methyl sites for hydroxylation is 1. The van der Waals surface area contributed by atoms with E-state index < -0.39 is 0 Å². The Morgan fingerprint density at radius 3 is 3.16 bits per heavy atom. The largest absolute Gasteiger partial charge is 0.339 e. The van der Waals surface area contributed by atoms with Gasteiger partial charge in [-0.05, 0) is 37.5 Å². The van der Waals surface area contributed by atoms with Crippen molar-refractivity contribution in [3.05, 3.63) is 47.1 Å². The molecule has 0 unspecified atom stereocenters. The third-order valence-electron chi connectivity index (χ3n) is 4.53. The van der Waals surface area contributed by atoms with Crippen LogP contribution in [0, 0.1) is 11.3 Å². The second-order valence-electron chi connectivity index (χ2n) is 6.44. The van der Waals surface area contributed by atoms with Gasteiger partial charge in [-0.1, -0.05) is 24.6 Å². The number of carbonyl (C=O) groups is 1. The van der Waals surface area contributed by atoms with Gasteiger partial charge in [0.25, 0.3) is 5.91 Å². The predicted molar refractivity (Wildman–Crippen MR) is 91.9 cm³/mol. The molecule has 0 radical (unpaired) electrons. The van der Waals surface area contributed by atoms with E-state index in [1.807, 2.05) is 4.90 Å². The summed E-state index contributed by atoms with van der Waals surface area (Å²) >= 11 is 0. The number of likely N-dealkylation sites (tertiary alicyclic amines) is 1. The molecule has 0 aliphatic carbocycles. The van der Waals surface area contributed by atoms with Gasteiger partial charge in [-0.3, -0.25) is 4.79 Å². The van der Waals surface area contributed by atoms with Crippen LogP contribution in [0.4, 0.5) is 0 Å². The maximum Gasteiger partial charge on any atom is 0.253 e. The fourth-order valence-electron chi connectivity index (χ4n) is 3.14. The Bertz CT molecular complexity index is 778. The van der Waals surface area contributed by atoms with E-state index >= 15 is 0 Å². The molecular formula is C19H22N4O2. The zero-order chi connectivity index (χ0) is 17.6. The number of amides is 1. The molecule has 25 heavy (non-hydrogen) atoms. The normalized spacial score (nSPS) is 17.3. The molecule has 2 aromatic rings. The summed E-state index contributed by atoms with van der Waals surface area (Å²) in [5.41, 5.74) is 1.05. The van der Waals surface area contributed by atoms with Gasteiger partial charge in [-0.15, -0.1) is 0 Å². The Morgan fingerprint density at radius 2 is 2.36 bits per heavy atom. The van der Waals surface area contributed by atoms with Crippen molar-refractivity contribution in [3.63, 3.8) is 0 Å². The molecule has 1 aliphatic heterocycles. The topological polar surface area (TPSA) is 83.0 Å². The van der Waals surface area contributed by atoms with Crippen LogP contribution in [0.15, 0.2) is 28.8 Å². The molecule has 130 valence electrons. The molecule has 1 saturated heterocycles. The number of hydrogen-bond acceptors (Lipinski definition) is 5. The van der Waals surface area contributed by atoms with E-state index in [1.54, 1.807) is 24.3 Å². The number of carbonyl (C=O) groups excluding carboxylic acids is 1. The minimum atomic E-state index is -0.0486.